The van der Waals surface area contributed by atoms with E-state index in [1.165, 1.54) is 44.9 Å². The maximum atomic E-state index is 5.79. The maximum Gasteiger partial charge on any atom is 0.227 e. The van der Waals surface area contributed by atoms with E-state index in [2.05, 4.69) is 12.2 Å². The van der Waals surface area contributed by atoms with E-state index in [0.717, 1.165) is 32.6 Å². The number of hydrogen-bond acceptors (Lipinski definition) is 5. The predicted molar refractivity (Wildman–Crippen MR) is 108 cm³/mol. The number of unbranched alkanes of at least 4 members (excludes halogenated alkanes) is 6. The van der Waals surface area contributed by atoms with Crippen molar-refractivity contribution in [2.75, 3.05) is 33.0 Å². The van der Waals surface area contributed by atoms with Crippen LogP contribution in [0.2, 0.25) is 0 Å². The molecule has 5 nitrogen and oxygen atoms in total. The van der Waals surface area contributed by atoms with Crippen molar-refractivity contribution in [1.82, 2.24) is 5.32 Å². The zero-order chi connectivity index (χ0) is 19.5. The normalized spacial score (nSPS) is 12.2. The van der Waals surface area contributed by atoms with Crippen molar-refractivity contribution in [3.8, 4) is 0 Å². The van der Waals surface area contributed by atoms with Gasteiger partial charge in [-0.15, -0.1) is 0 Å². The van der Waals surface area contributed by atoms with Crippen molar-refractivity contribution < 1.29 is 18.9 Å². The molecule has 0 saturated carbocycles. The van der Waals surface area contributed by atoms with E-state index < -0.39 is 5.91 Å². The van der Waals surface area contributed by atoms with Gasteiger partial charge >= 0.3 is 0 Å². The summed E-state index contributed by atoms with van der Waals surface area (Å²) >= 11 is 0. The van der Waals surface area contributed by atoms with Gasteiger partial charge in [-0.3, -0.25) is 5.32 Å². The smallest absolute Gasteiger partial charge is 0.227 e. The topological polar surface area (TPSA) is 49.0 Å². The molecule has 0 heterocycles. The molecule has 0 aliphatic rings. The summed E-state index contributed by atoms with van der Waals surface area (Å²) in [5.74, 6) is -0.596. The summed E-state index contributed by atoms with van der Waals surface area (Å²) < 4.78 is 22.7. The van der Waals surface area contributed by atoms with Crippen LogP contribution in [0.15, 0.2) is 0 Å². The summed E-state index contributed by atoms with van der Waals surface area (Å²) in [6, 6.07) is 0. The Morgan fingerprint density at radius 1 is 0.654 bits per heavy atom. The Hall–Kier alpha value is -0.200. The van der Waals surface area contributed by atoms with E-state index in [0.29, 0.717) is 13.2 Å². The fraction of sp³-hybridized carbons (Fsp3) is 1.00. The molecule has 0 aliphatic heterocycles. The minimum atomic E-state index is -0.596. The van der Waals surface area contributed by atoms with Crippen LogP contribution in [0.1, 0.15) is 92.4 Å². The Morgan fingerprint density at radius 3 is 1.62 bits per heavy atom. The highest BCUT2D eigenvalue weighted by atomic mass is 16.7. The first-order valence-corrected chi connectivity index (χ1v) is 10.9. The van der Waals surface area contributed by atoms with Crippen LogP contribution in [0.4, 0.5) is 0 Å². The van der Waals surface area contributed by atoms with Crippen molar-refractivity contribution in [2.45, 2.75) is 105 Å². The minimum absolute atomic E-state index is 0.00872. The van der Waals surface area contributed by atoms with Crippen LogP contribution in [0.5, 0.6) is 0 Å². The van der Waals surface area contributed by atoms with E-state index in [9.17, 15) is 0 Å². The third kappa shape index (κ3) is 13.0. The lowest BCUT2D eigenvalue weighted by Crippen LogP contribution is -2.50. The molecule has 0 aromatic rings. The molecule has 0 bridgehead atoms. The number of nitrogens with one attached hydrogen (secondary N) is 1. The molecule has 0 aromatic heterocycles. The molecule has 26 heavy (non-hydrogen) atoms. The minimum Gasteiger partial charge on any atom is -0.353 e. The van der Waals surface area contributed by atoms with Gasteiger partial charge in [0, 0.05) is 39.4 Å². The summed E-state index contributed by atoms with van der Waals surface area (Å²) in [7, 11) is 0. The lowest BCUT2D eigenvalue weighted by Gasteiger charge is -2.33. The fourth-order valence-electron chi connectivity index (χ4n) is 3.12. The van der Waals surface area contributed by atoms with Gasteiger partial charge in [0.15, 0.2) is 6.29 Å². The molecule has 0 spiro atoms. The van der Waals surface area contributed by atoms with Crippen molar-refractivity contribution in [2.24, 2.45) is 0 Å². The first kappa shape index (κ1) is 25.8. The molecule has 0 rings (SSSR count). The monoisotopic (exact) mass is 375 g/mol. The number of hydrogen-bond donors (Lipinski definition) is 1. The van der Waals surface area contributed by atoms with Gasteiger partial charge in [0.05, 0.1) is 0 Å². The molecule has 0 aliphatic carbocycles. The van der Waals surface area contributed by atoms with Crippen LogP contribution in [0, 0.1) is 0 Å². The molecular weight excluding hydrogens is 330 g/mol. The van der Waals surface area contributed by atoms with Crippen molar-refractivity contribution in [3.05, 3.63) is 0 Å². The Bertz CT molecular complexity index is 277. The van der Waals surface area contributed by atoms with E-state index in [1.54, 1.807) is 0 Å². The molecule has 0 unspecified atom stereocenters. The van der Waals surface area contributed by atoms with Gasteiger partial charge in [-0.1, -0.05) is 39.0 Å². The largest absolute Gasteiger partial charge is 0.353 e. The molecule has 0 atom stereocenters. The molecule has 5 heteroatoms. The Balaban J connectivity index is 3.63. The highest BCUT2D eigenvalue weighted by Crippen LogP contribution is 2.15. The average molecular weight is 376 g/mol. The van der Waals surface area contributed by atoms with Crippen LogP contribution in [-0.2, 0) is 18.9 Å². The summed E-state index contributed by atoms with van der Waals surface area (Å²) in [5, 5.41) is 3.46. The molecule has 0 fully saturated rings. The van der Waals surface area contributed by atoms with Crippen LogP contribution in [0.25, 0.3) is 0 Å². The first-order chi connectivity index (χ1) is 12.7. The van der Waals surface area contributed by atoms with Crippen LogP contribution in [0.3, 0.4) is 0 Å². The molecule has 0 radical (unpaired) electrons. The molecule has 0 aromatic carbocycles. The highest BCUT2D eigenvalue weighted by molar-refractivity contribution is 4.65. The summed E-state index contributed by atoms with van der Waals surface area (Å²) in [4.78, 5) is 0. The quantitative estimate of drug-likeness (QED) is 0.233. The van der Waals surface area contributed by atoms with Crippen molar-refractivity contribution in [1.29, 1.82) is 0 Å². The van der Waals surface area contributed by atoms with Crippen LogP contribution in [-0.4, -0.2) is 45.2 Å². The zero-order valence-electron chi connectivity index (χ0n) is 18.1. The Kier molecular flexibility index (Phi) is 18.0. The molecule has 1 N–H and O–H groups in total. The second kappa shape index (κ2) is 18.2. The van der Waals surface area contributed by atoms with E-state index >= 15 is 0 Å². The van der Waals surface area contributed by atoms with Gasteiger partial charge in [-0.25, -0.2) is 0 Å². The SMILES string of the molecule is CCOC(CCCCCCCCCNC(CC)(OCC)OCC)OCC. The number of ether oxygens (including phenoxy) is 4. The average Bonchev–Trinajstić information content (AvgIpc) is 2.63. The molecular formula is C21H45NO4. The first-order valence-electron chi connectivity index (χ1n) is 10.9. The fourth-order valence-corrected chi connectivity index (χ4v) is 3.12. The summed E-state index contributed by atoms with van der Waals surface area (Å²) in [5.41, 5.74) is 0. The standard InChI is InChI=1S/C21H45NO4/c1-6-21(25-9-4,26-10-5)22-19-17-15-13-11-12-14-16-18-20(23-7-2)24-8-3/h20,22H,6-19H2,1-5H3. The van der Waals surface area contributed by atoms with Crippen molar-refractivity contribution >= 4 is 0 Å². The maximum absolute atomic E-state index is 5.79. The Morgan fingerprint density at radius 2 is 1.15 bits per heavy atom. The highest BCUT2D eigenvalue weighted by Gasteiger charge is 2.27. The van der Waals surface area contributed by atoms with E-state index in [4.69, 9.17) is 18.9 Å². The van der Waals surface area contributed by atoms with Crippen LogP contribution < -0.4 is 5.32 Å². The predicted octanol–water partition coefficient (Wildman–Crippen LogP) is 5.23. The molecule has 0 saturated heterocycles. The Labute approximate surface area is 162 Å². The number of rotatable bonds is 20. The summed E-state index contributed by atoms with van der Waals surface area (Å²) in [6.45, 7) is 13.9. The van der Waals surface area contributed by atoms with Gasteiger partial charge in [0.1, 0.15) is 0 Å². The lowest BCUT2D eigenvalue weighted by molar-refractivity contribution is -0.254. The summed E-state index contributed by atoms with van der Waals surface area (Å²) in [6.07, 6.45) is 10.6. The van der Waals surface area contributed by atoms with Gasteiger partial charge < -0.3 is 18.9 Å². The lowest BCUT2D eigenvalue weighted by atomic mass is 10.1. The second-order valence-corrected chi connectivity index (χ2v) is 6.50. The van der Waals surface area contributed by atoms with Crippen molar-refractivity contribution in [3.63, 3.8) is 0 Å². The van der Waals surface area contributed by atoms with Crippen LogP contribution >= 0.6 is 0 Å². The van der Waals surface area contributed by atoms with Gasteiger partial charge in [0.2, 0.25) is 5.91 Å². The van der Waals surface area contributed by atoms with Gasteiger partial charge in [0.25, 0.3) is 0 Å². The third-order valence-electron chi connectivity index (χ3n) is 4.44. The molecule has 0 amide bonds. The van der Waals surface area contributed by atoms with Gasteiger partial charge in [-0.2, -0.15) is 0 Å². The molecule has 158 valence electrons. The van der Waals surface area contributed by atoms with E-state index in [1.807, 2.05) is 27.7 Å². The second-order valence-electron chi connectivity index (χ2n) is 6.50. The zero-order valence-corrected chi connectivity index (χ0v) is 18.1. The van der Waals surface area contributed by atoms with Gasteiger partial charge in [-0.05, 0) is 47.0 Å². The third-order valence-corrected chi connectivity index (χ3v) is 4.44. The van der Waals surface area contributed by atoms with E-state index in [-0.39, 0.29) is 6.29 Å².